The molecule has 8 heteroatoms. The van der Waals surface area contributed by atoms with Crippen LogP contribution in [0.2, 0.25) is 0 Å². The molecule has 0 atom stereocenters. The molecule has 3 aromatic rings. The molecule has 2 aromatic heterocycles. The molecule has 1 saturated carbocycles. The summed E-state index contributed by atoms with van der Waals surface area (Å²) in [6, 6.07) is 6.98. The molecule has 0 unspecified atom stereocenters. The Kier molecular flexibility index (Phi) is 6.15. The first kappa shape index (κ1) is 20.9. The van der Waals surface area contributed by atoms with Crippen LogP contribution in [0.3, 0.4) is 0 Å². The number of nitrogens with zero attached hydrogens (tertiary/aromatic N) is 2. The van der Waals surface area contributed by atoms with E-state index in [4.69, 9.17) is 4.74 Å². The Balaban J connectivity index is 1.60. The standard InChI is InChI=1S/C22H21BrN2O4S/c1-13-18-20(30-19(13)22(28)29-16-5-3-2-4-6-16)24-12-25(21(18)27)11-17(26)14-7-9-15(23)10-8-14/h7-10,12,16H,2-6,11H2,1H3. The number of halogens is 1. The van der Waals surface area contributed by atoms with Crippen LogP contribution in [0.1, 0.15) is 57.7 Å². The number of Topliss-reactive ketones (excluding diaryl/α,β-unsaturated/α-hetero) is 1. The molecule has 0 saturated heterocycles. The fourth-order valence-corrected chi connectivity index (χ4v) is 5.02. The number of ether oxygens (including phenoxy) is 1. The summed E-state index contributed by atoms with van der Waals surface area (Å²) in [6.07, 6.45) is 6.41. The number of aromatic nitrogens is 2. The van der Waals surface area contributed by atoms with E-state index in [2.05, 4.69) is 20.9 Å². The Morgan fingerprint density at radius 1 is 1.20 bits per heavy atom. The maximum absolute atomic E-state index is 13.0. The molecular formula is C22H21BrN2O4S. The Morgan fingerprint density at radius 3 is 2.60 bits per heavy atom. The lowest BCUT2D eigenvalue weighted by Gasteiger charge is -2.21. The maximum atomic E-state index is 13.0. The Bertz CT molecular complexity index is 1160. The van der Waals surface area contributed by atoms with Gasteiger partial charge in [0, 0.05) is 10.0 Å². The predicted octanol–water partition coefficient (Wildman–Crippen LogP) is 4.90. The Labute approximate surface area is 186 Å². The van der Waals surface area contributed by atoms with Crippen LogP contribution in [0.25, 0.3) is 10.2 Å². The minimum atomic E-state index is -0.390. The van der Waals surface area contributed by atoms with Crippen LogP contribution in [0.4, 0.5) is 0 Å². The molecule has 1 fully saturated rings. The summed E-state index contributed by atoms with van der Waals surface area (Å²) in [5, 5.41) is 0.377. The van der Waals surface area contributed by atoms with Gasteiger partial charge in [-0.2, -0.15) is 0 Å². The van der Waals surface area contributed by atoms with Crippen molar-refractivity contribution < 1.29 is 14.3 Å². The van der Waals surface area contributed by atoms with Gasteiger partial charge in [-0.15, -0.1) is 11.3 Å². The van der Waals surface area contributed by atoms with Gasteiger partial charge >= 0.3 is 5.97 Å². The van der Waals surface area contributed by atoms with Gasteiger partial charge < -0.3 is 4.74 Å². The number of rotatable bonds is 5. The highest BCUT2D eigenvalue weighted by Crippen LogP contribution is 2.29. The van der Waals surface area contributed by atoms with Crippen LogP contribution in [0.15, 0.2) is 39.9 Å². The first-order valence-corrected chi connectivity index (χ1v) is 11.5. The molecule has 2 heterocycles. The van der Waals surface area contributed by atoms with E-state index in [9.17, 15) is 14.4 Å². The quantitative estimate of drug-likeness (QED) is 0.376. The normalized spacial score (nSPS) is 14.7. The summed E-state index contributed by atoms with van der Waals surface area (Å²) in [4.78, 5) is 43.5. The summed E-state index contributed by atoms with van der Waals surface area (Å²) in [5.41, 5.74) is 0.763. The maximum Gasteiger partial charge on any atom is 0.348 e. The van der Waals surface area contributed by atoms with E-state index in [-0.39, 0.29) is 30.0 Å². The number of benzene rings is 1. The molecule has 6 nitrogen and oxygen atoms in total. The highest BCUT2D eigenvalue weighted by molar-refractivity contribution is 9.10. The molecular weight excluding hydrogens is 468 g/mol. The topological polar surface area (TPSA) is 78.3 Å². The van der Waals surface area contributed by atoms with Gasteiger partial charge in [-0.1, -0.05) is 34.5 Å². The highest BCUT2D eigenvalue weighted by atomic mass is 79.9. The van der Waals surface area contributed by atoms with Gasteiger partial charge in [-0.25, -0.2) is 9.78 Å². The smallest absolute Gasteiger partial charge is 0.348 e. The number of aryl methyl sites for hydroxylation is 1. The van der Waals surface area contributed by atoms with Crippen LogP contribution in [-0.4, -0.2) is 27.4 Å². The number of hydrogen-bond acceptors (Lipinski definition) is 6. The molecule has 0 N–H and O–H groups in total. The van der Waals surface area contributed by atoms with Crippen molar-refractivity contribution in [1.82, 2.24) is 9.55 Å². The minimum Gasteiger partial charge on any atom is -0.458 e. The second kappa shape index (κ2) is 8.81. The van der Waals surface area contributed by atoms with Crippen molar-refractivity contribution in [3.05, 3.63) is 61.4 Å². The van der Waals surface area contributed by atoms with Gasteiger partial charge in [0.25, 0.3) is 5.56 Å². The molecule has 0 amide bonds. The zero-order chi connectivity index (χ0) is 21.3. The monoisotopic (exact) mass is 488 g/mol. The number of thiophene rings is 1. The number of ketones is 1. The highest BCUT2D eigenvalue weighted by Gasteiger charge is 2.24. The van der Waals surface area contributed by atoms with E-state index in [1.165, 1.54) is 28.7 Å². The number of fused-ring (bicyclic) bond motifs is 1. The van der Waals surface area contributed by atoms with E-state index < -0.39 is 0 Å². The van der Waals surface area contributed by atoms with Crippen molar-refractivity contribution in [3.8, 4) is 0 Å². The molecule has 1 aliphatic carbocycles. The lowest BCUT2D eigenvalue weighted by Crippen LogP contribution is -2.24. The van der Waals surface area contributed by atoms with E-state index in [0.29, 0.717) is 26.2 Å². The Morgan fingerprint density at radius 2 is 1.90 bits per heavy atom. The number of esters is 1. The average Bonchev–Trinajstić information content (AvgIpc) is 3.08. The first-order valence-electron chi connectivity index (χ1n) is 9.92. The lowest BCUT2D eigenvalue weighted by atomic mass is 9.98. The minimum absolute atomic E-state index is 0.0518. The molecule has 156 valence electrons. The van der Waals surface area contributed by atoms with E-state index in [1.54, 1.807) is 31.2 Å². The van der Waals surface area contributed by atoms with Gasteiger partial charge in [0.15, 0.2) is 5.78 Å². The van der Waals surface area contributed by atoms with Crippen LogP contribution in [0, 0.1) is 6.92 Å². The second-order valence-corrected chi connectivity index (χ2v) is 9.42. The van der Waals surface area contributed by atoms with Gasteiger partial charge in [-0.3, -0.25) is 14.2 Å². The lowest BCUT2D eigenvalue weighted by molar-refractivity contribution is 0.0216. The molecule has 0 spiro atoms. The molecule has 30 heavy (non-hydrogen) atoms. The third kappa shape index (κ3) is 4.25. The van der Waals surface area contributed by atoms with Crippen molar-refractivity contribution in [1.29, 1.82) is 0 Å². The first-order chi connectivity index (χ1) is 14.4. The predicted molar refractivity (Wildman–Crippen MR) is 119 cm³/mol. The second-order valence-electron chi connectivity index (χ2n) is 7.51. The van der Waals surface area contributed by atoms with Gasteiger partial charge in [0.1, 0.15) is 15.8 Å². The van der Waals surface area contributed by atoms with Crippen LogP contribution >= 0.6 is 27.3 Å². The molecule has 0 bridgehead atoms. The molecule has 0 radical (unpaired) electrons. The van der Waals surface area contributed by atoms with Crippen molar-refractivity contribution in [2.45, 2.75) is 51.7 Å². The summed E-state index contributed by atoms with van der Waals surface area (Å²) in [5.74, 6) is -0.574. The third-order valence-electron chi connectivity index (χ3n) is 5.41. The fraction of sp³-hybridized carbons (Fsp3) is 0.364. The molecule has 1 aliphatic rings. The van der Waals surface area contributed by atoms with E-state index in [0.717, 1.165) is 30.2 Å². The number of carbonyl (C=O) groups is 2. The zero-order valence-electron chi connectivity index (χ0n) is 16.5. The number of hydrogen-bond donors (Lipinski definition) is 0. The summed E-state index contributed by atoms with van der Waals surface area (Å²) >= 11 is 4.51. The molecule has 4 rings (SSSR count). The fourth-order valence-electron chi connectivity index (χ4n) is 3.74. The molecule has 0 aliphatic heterocycles. The largest absolute Gasteiger partial charge is 0.458 e. The van der Waals surface area contributed by atoms with Crippen molar-refractivity contribution in [2.24, 2.45) is 0 Å². The SMILES string of the molecule is Cc1c(C(=O)OC2CCCCC2)sc2ncn(CC(=O)c3ccc(Br)cc3)c(=O)c12. The van der Waals surface area contributed by atoms with E-state index in [1.807, 2.05) is 0 Å². The van der Waals surface area contributed by atoms with E-state index >= 15 is 0 Å². The van der Waals surface area contributed by atoms with Crippen molar-refractivity contribution in [3.63, 3.8) is 0 Å². The summed E-state index contributed by atoms with van der Waals surface area (Å²) < 4.78 is 7.84. The van der Waals surface area contributed by atoms with Crippen LogP contribution in [0.5, 0.6) is 0 Å². The summed E-state index contributed by atoms with van der Waals surface area (Å²) in [6.45, 7) is 1.63. The van der Waals surface area contributed by atoms with Crippen LogP contribution in [-0.2, 0) is 11.3 Å². The average molecular weight is 489 g/mol. The third-order valence-corrected chi connectivity index (χ3v) is 7.12. The molecule has 1 aromatic carbocycles. The number of carbonyl (C=O) groups excluding carboxylic acids is 2. The van der Waals surface area contributed by atoms with Crippen molar-refractivity contribution >= 4 is 49.2 Å². The van der Waals surface area contributed by atoms with Gasteiger partial charge in [0.2, 0.25) is 0 Å². The van der Waals surface area contributed by atoms with Gasteiger partial charge in [0.05, 0.1) is 18.3 Å². The Hall–Kier alpha value is -2.32. The van der Waals surface area contributed by atoms with Crippen molar-refractivity contribution in [2.75, 3.05) is 0 Å². The van der Waals surface area contributed by atoms with Gasteiger partial charge in [-0.05, 0) is 50.3 Å². The van der Waals surface area contributed by atoms with Crippen LogP contribution < -0.4 is 5.56 Å². The summed E-state index contributed by atoms with van der Waals surface area (Å²) in [7, 11) is 0. The zero-order valence-corrected chi connectivity index (χ0v) is 18.9.